The summed E-state index contributed by atoms with van der Waals surface area (Å²) in [7, 11) is 0. The van der Waals surface area contributed by atoms with Crippen LogP contribution in [0.25, 0.3) is 0 Å². The number of hydrogen-bond acceptors (Lipinski definition) is 1. The van der Waals surface area contributed by atoms with Gasteiger partial charge in [-0.1, -0.05) is 129 Å². The van der Waals surface area contributed by atoms with Gasteiger partial charge in [-0.25, -0.2) is 0 Å². The van der Waals surface area contributed by atoms with E-state index in [4.69, 9.17) is 0 Å². The van der Waals surface area contributed by atoms with Gasteiger partial charge in [-0.2, -0.15) is 0 Å². The summed E-state index contributed by atoms with van der Waals surface area (Å²) in [6.07, 6.45) is 26.9. The Kier molecular flexibility index (Phi) is 18.2. The molecule has 184 valence electrons. The summed E-state index contributed by atoms with van der Waals surface area (Å²) in [4.78, 5) is 12.1. The zero-order chi connectivity index (χ0) is 23.3. The van der Waals surface area contributed by atoms with Crippen molar-refractivity contribution < 1.29 is 4.79 Å². The van der Waals surface area contributed by atoms with E-state index in [0.717, 1.165) is 12.1 Å². The molecule has 2 nitrogen and oxygen atoms in total. The Balaban J connectivity index is 1.79. The lowest BCUT2D eigenvalue weighted by atomic mass is 10.0. The smallest absolute Gasteiger partial charge is 0.224 e. The van der Waals surface area contributed by atoms with Gasteiger partial charge in [0.2, 0.25) is 5.91 Å². The maximum Gasteiger partial charge on any atom is 0.224 e. The van der Waals surface area contributed by atoms with Gasteiger partial charge < -0.3 is 5.32 Å². The van der Waals surface area contributed by atoms with Crippen LogP contribution in [0.2, 0.25) is 0 Å². The lowest BCUT2D eigenvalue weighted by Crippen LogP contribution is -2.11. The molecular weight excluding hydrogens is 390 g/mol. The third-order valence-electron chi connectivity index (χ3n) is 6.51. The van der Waals surface area contributed by atoms with Crippen LogP contribution in [-0.4, -0.2) is 5.91 Å². The molecule has 0 aliphatic rings. The third kappa shape index (κ3) is 17.3. The highest BCUT2D eigenvalue weighted by molar-refractivity contribution is 5.90. The van der Waals surface area contributed by atoms with Crippen LogP contribution >= 0.6 is 0 Å². The lowest BCUT2D eigenvalue weighted by Gasteiger charge is -2.07. The molecular formula is C30H53NO. The Bertz CT molecular complexity index is 560. The van der Waals surface area contributed by atoms with Crippen LogP contribution in [0.15, 0.2) is 18.2 Å². The molecule has 0 bridgehead atoms. The highest BCUT2D eigenvalue weighted by Gasteiger charge is 2.03. The monoisotopic (exact) mass is 443 g/mol. The molecule has 32 heavy (non-hydrogen) atoms. The molecule has 0 saturated heterocycles. The van der Waals surface area contributed by atoms with Crippen LogP contribution in [0, 0.1) is 13.8 Å². The van der Waals surface area contributed by atoms with Crippen molar-refractivity contribution in [3.05, 3.63) is 29.3 Å². The summed E-state index contributed by atoms with van der Waals surface area (Å²) in [5.74, 6) is 0.155. The van der Waals surface area contributed by atoms with Gasteiger partial charge in [-0.05, 0) is 43.5 Å². The molecule has 0 atom stereocenters. The van der Waals surface area contributed by atoms with Crippen LogP contribution in [-0.2, 0) is 4.79 Å². The van der Waals surface area contributed by atoms with Gasteiger partial charge in [-0.15, -0.1) is 0 Å². The Morgan fingerprint density at radius 2 is 0.906 bits per heavy atom. The van der Waals surface area contributed by atoms with E-state index in [2.05, 4.69) is 32.2 Å². The number of aryl methyl sites for hydroxylation is 2. The fraction of sp³-hybridized carbons (Fsp3) is 0.767. The maximum atomic E-state index is 12.1. The first kappa shape index (κ1) is 28.7. The maximum absolute atomic E-state index is 12.1. The Hall–Kier alpha value is -1.31. The van der Waals surface area contributed by atoms with Crippen LogP contribution in [0.3, 0.4) is 0 Å². The highest BCUT2D eigenvalue weighted by Crippen LogP contribution is 2.16. The van der Waals surface area contributed by atoms with E-state index in [1.807, 2.05) is 12.1 Å². The number of amides is 1. The first-order chi connectivity index (χ1) is 15.6. The number of carbonyl (C=O) groups excluding carboxylic acids is 1. The second-order valence-corrected chi connectivity index (χ2v) is 10.0. The quantitative estimate of drug-likeness (QED) is 0.188. The highest BCUT2D eigenvalue weighted by atomic mass is 16.1. The molecule has 0 radical (unpaired) electrons. The van der Waals surface area contributed by atoms with Crippen molar-refractivity contribution >= 4 is 11.6 Å². The van der Waals surface area contributed by atoms with Gasteiger partial charge in [0.05, 0.1) is 0 Å². The van der Waals surface area contributed by atoms with E-state index >= 15 is 0 Å². The first-order valence-electron chi connectivity index (χ1n) is 14.0. The molecule has 1 N–H and O–H groups in total. The predicted molar refractivity (Wildman–Crippen MR) is 143 cm³/mol. The Morgan fingerprint density at radius 1 is 0.562 bits per heavy atom. The Morgan fingerprint density at radius 3 is 1.28 bits per heavy atom. The second-order valence-electron chi connectivity index (χ2n) is 10.0. The molecule has 1 amide bonds. The average Bonchev–Trinajstić information content (AvgIpc) is 2.74. The minimum absolute atomic E-state index is 0.155. The number of hydrogen-bond donors (Lipinski definition) is 1. The SMILES string of the molecule is CCCCCCCCCCCCCCCCCCCCCC(=O)Nc1cc(C)cc(C)c1. The summed E-state index contributed by atoms with van der Waals surface area (Å²) < 4.78 is 0. The van der Waals surface area contributed by atoms with E-state index in [1.54, 1.807) is 0 Å². The van der Waals surface area contributed by atoms with Gasteiger partial charge in [-0.3, -0.25) is 4.79 Å². The van der Waals surface area contributed by atoms with Crippen LogP contribution in [0.5, 0.6) is 0 Å². The molecule has 0 aliphatic carbocycles. The van der Waals surface area contributed by atoms with E-state index in [9.17, 15) is 4.79 Å². The van der Waals surface area contributed by atoms with Crippen molar-refractivity contribution in [3.8, 4) is 0 Å². The lowest BCUT2D eigenvalue weighted by molar-refractivity contribution is -0.116. The predicted octanol–water partition coefficient (Wildman–Crippen LogP) is 10.1. The van der Waals surface area contributed by atoms with Crippen molar-refractivity contribution in [3.63, 3.8) is 0 Å². The number of carbonyl (C=O) groups is 1. The van der Waals surface area contributed by atoms with Crippen molar-refractivity contribution in [1.82, 2.24) is 0 Å². The minimum Gasteiger partial charge on any atom is -0.326 e. The minimum atomic E-state index is 0.155. The van der Waals surface area contributed by atoms with Crippen molar-refractivity contribution in [2.75, 3.05) is 5.32 Å². The molecule has 0 spiro atoms. The van der Waals surface area contributed by atoms with Crippen molar-refractivity contribution in [1.29, 1.82) is 0 Å². The average molecular weight is 444 g/mol. The van der Waals surface area contributed by atoms with Gasteiger partial charge >= 0.3 is 0 Å². The van der Waals surface area contributed by atoms with Crippen LogP contribution in [0.1, 0.15) is 146 Å². The van der Waals surface area contributed by atoms with Crippen LogP contribution < -0.4 is 5.32 Å². The van der Waals surface area contributed by atoms with E-state index in [0.29, 0.717) is 6.42 Å². The van der Waals surface area contributed by atoms with Crippen molar-refractivity contribution in [2.45, 2.75) is 149 Å². The summed E-state index contributed by atoms with van der Waals surface area (Å²) in [6.45, 7) is 6.43. The number of nitrogens with one attached hydrogen (secondary N) is 1. The van der Waals surface area contributed by atoms with E-state index in [1.165, 1.54) is 127 Å². The van der Waals surface area contributed by atoms with Gasteiger partial charge in [0.15, 0.2) is 0 Å². The molecule has 0 saturated carbocycles. The standard InChI is InChI=1S/C30H53NO/c1-4-5-6-7-8-9-10-11-12-13-14-15-16-17-18-19-20-21-22-23-30(32)31-29-25-27(2)24-28(3)26-29/h24-26H,4-23H2,1-3H3,(H,31,32). The fourth-order valence-electron chi connectivity index (χ4n) is 4.63. The molecule has 0 aromatic heterocycles. The number of benzene rings is 1. The van der Waals surface area contributed by atoms with Crippen LogP contribution in [0.4, 0.5) is 5.69 Å². The largest absolute Gasteiger partial charge is 0.326 e. The first-order valence-corrected chi connectivity index (χ1v) is 14.0. The Labute approximate surface area is 200 Å². The number of anilines is 1. The molecule has 0 aliphatic heterocycles. The van der Waals surface area contributed by atoms with Gasteiger partial charge in [0, 0.05) is 12.1 Å². The fourth-order valence-corrected chi connectivity index (χ4v) is 4.63. The summed E-state index contributed by atoms with van der Waals surface area (Å²) in [5.41, 5.74) is 3.33. The summed E-state index contributed by atoms with van der Waals surface area (Å²) in [6, 6.07) is 6.22. The molecule has 2 heteroatoms. The topological polar surface area (TPSA) is 29.1 Å². The molecule has 0 fully saturated rings. The molecule has 0 unspecified atom stereocenters. The summed E-state index contributed by atoms with van der Waals surface area (Å²) >= 11 is 0. The van der Waals surface area contributed by atoms with E-state index < -0.39 is 0 Å². The zero-order valence-corrected chi connectivity index (χ0v) is 21.8. The molecule has 1 aromatic rings. The summed E-state index contributed by atoms with van der Waals surface area (Å²) in [5, 5.41) is 3.04. The molecule has 0 heterocycles. The third-order valence-corrected chi connectivity index (χ3v) is 6.51. The van der Waals surface area contributed by atoms with E-state index in [-0.39, 0.29) is 5.91 Å². The van der Waals surface area contributed by atoms with Crippen molar-refractivity contribution in [2.24, 2.45) is 0 Å². The molecule has 1 rings (SSSR count). The number of unbranched alkanes of at least 4 members (excludes halogenated alkanes) is 18. The van der Waals surface area contributed by atoms with Gasteiger partial charge in [0.1, 0.15) is 0 Å². The zero-order valence-electron chi connectivity index (χ0n) is 21.8. The van der Waals surface area contributed by atoms with Gasteiger partial charge in [0.25, 0.3) is 0 Å². The number of rotatable bonds is 21. The molecule has 1 aromatic carbocycles. The normalized spacial score (nSPS) is 11.1. The second kappa shape index (κ2) is 20.3.